The minimum absolute atomic E-state index is 0.0777. The monoisotopic (exact) mass is 364 g/mol. The number of carbonyl (C=O) groups is 1. The van der Waals surface area contributed by atoms with Gasteiger partial charge >= 0.3 is 0 Å². The second kappa shape index (κ2) is 7.34. The van der Waals surface area contributed by atoms with Crippen molar-refractivity contribution >= 4 is 17.4 Å². The third-order valence-corrected chi connectivity index (χ3v) is 5.36. The van der Waals surface area contributed by atoms with E-state index in [1.54, 1.807) is 10.8 Å². The molecule has 27 heavy (non-hydrogen) atoms. The van der Waals surface area contributed by atoms with Gasteiger partial charge in [-0.05, 0) is 43.0 Å². The van der Waals surface area contributed by atoms with Gasteiger partial charge in [-0.2, -0.15) is 4.52 Å². The summed E-state index contributed by atoms with van der Waals surface area (Å²) in [6.45, 7) is 4.41. The Balaban J connectivity index is 1.36. The second-order valence-electron chi connectivity index (χ2n) is 7.21. The van der Waals surface area contributed by atoms with Gasteiger partial charge in [0.2, 0.25) is 5.91 Å². The zero-order valence-electron chi connectivity index (χ0n) is 15.7. The van der Waals surface area contributed by atoms with Gasteiger partial charge in [0.25, 0.3) is 0 Å². The highest BCUT2D eigenvalue weighted by Gasteiger charge is 2.28. The van der Waals surface area contributed by atoms with Crippen molar-refractivity contribution in [3.8, 4) is 0 Å². The molecular formula is C20H24N6O. The highest BCUT2D eigenvalue weighted by Crippen LogP contribution is 2.24. The maximum atomic E-state index is 12.9. The number of piperidine rings is 1. The summed E-state index contributed by atoms with van der Waals surface area (Å²) in [6.07, 6.45) is 3.30. The van der Waals surface area contributed by atoms with E-state index in [4.69, 9.17) is 0 Å². The van der Waals surface area contributed by atoms with Gasteiger partial charge in [0, 0.05) is 32.6 Å². The van der Waals surface area contributed by atoms with Crippen molar-refractivity contribution in [1.82, 2.24) is 24.7 Å². The topological polar surface area (TPSA) is 66.6 Å². The number of aromatic nitrogens is 4. The Morgan fingerprint density at radius 3 is 2.74 bits per heavy atom. The van der Waals surface area contributed by atoms with Crippen LogP contribution in [0.5, 0.6) is 0 Å². The Bertz CT molecular complexity index is 944. The van der Waals surface area contributed by atoms with Gasteiger partial charge in [-0.25, -0.2) is 0 Å². The summed E-state index contributed by atoms with van der Waals surface area (Å²) in [5.41, 5.74) is 3.17. The molecule has 1 aliphatic rings. The van der Waals surface area contributed by atoms with Crippen molar-refractivity contribution in [3.05, 3.63) is 53.9 Å². The number of benzene rings is 1. The Labute approximate surface area is 158 Å². The van der Waals surface area contributed by atoms with Crippen molar-refractivity contribution < 1.29 is 4.79 Å². The molecular weight excluding hydrogens is 340 g/mol. The van der Waals surface area contributed by atoms with Crippen LogP contribution in [0.25, 0.3) is 5.65 Å². The van der Waals surface area contributed by atoms with Crippen LogP contribution in [-0.4, -0.2) is 50.8 Å². The molecule has 0 bridgehead atoms. The Kier molecular flexibility index (Phi) is 4.75. The van der Waals surface area contributed by atoms with E-state index in [1.807, 2.05) is 36.2 Å². The van der Waals surface area contributed by atoms with Crippen LogP contribution < -0.4 is 4.90 Å². The fraction of sp³-hybridized carbons (Fsp3) is 0.400. The maximum Gasteiger partial charge on any atom is 0.225 e. The van der Waals surface area contributed by atoms with E-state index >= 15 is 0 Å². The average molecular weight is 364 g/mol. The van der Waals surface area contributed by atoms with E-state index in [2.05, 4.69) is 39.3 Å². The highest BCUT2D eigenvalue weighted by molar-refractivity contribution is 5.79. The molecule has 0 N–H and O–H groups in total. The van der Waals surface area contributed by atoms with E-state index in [0.717, 1.165) is 37.4 Å². The molecule has 3 heterocycles. The number of amides is 1. The summed E-state index contributed by atoms with van der Waals surface area (Å²) in [5, 5.41) is 12.4. The van der Waals surface area contributed by atoms with Crippen LogP contribution >= 0.6 is 0 Å². The SMILES string of the molecule is Cc1ccccc1CN(C)C(=O)C1CCN(c2ccc3nncn3n2)CC1. The second-order valence-corrected chi connectivity index (χ2v) is 7.21. The zero-order chi connectivity index (χ0) is 18.8. The fourth-order valence-corrected chi connectivity index (χ4v) is 3.68. The van der Waals surface area contributed by atoms with Gasteiger partial charge in [-0.15, -0.1) is 15.3 Å². The van der Waals surface area contributed by atoms with Crippen molar-refractivity contribution in [2.75, 3.05) is 25.0 Å². The summed E-state index contributed by atoms with van der Waals surface area (Å²) in [6, 6.07) is 12.1. The van der Waals surface area contributed by atoms with Gasteiger partial charge < -0.3 is 9.80 Å². The standard InChI is InChI=1S/C20H24N6O/c1-15-5-3-4-6-17(15)13-24(2)20(27)16-9-11-25(12-10-16)19-8-7-18-22-21-14-26(18)23-19/h3-8,14,16H,9-13H2,1-2H3. The average Bonchev–Trinajstić information content (AvgIpc) is 3.17. The number of rotatable bonds is 4. The number of hydrogen-bond donors (Lipinski definition) is 0. The molecule has 0 spiro atoms. The predicted octanol–water partition coefficient (Wildman–Crippen LogP) is 2.31. The number of carbonyl (C=O) groups excluding carboxylic acids is 1. The summed E-state index contributed by atoms with van der Waals surface area (Å²) < 4.78 is 1.68. The minimum atomic E-state index is 0.0777. The quantitative estimate of drug-likeness (QED) is 0.711. The first-order valence-electron chi connectivity index (χ1n) is 9.33. The Hall–Kier alpha value is -2.96. The van der Waals surface area contributed by atoms with E-state index in [9.17, 15) is 4.79 Å². The molecule has 4 rings (SSSR count). The normalized spacial score (nSPS) is 15.3. The molecule has 0 unspecified atom stereocenters. The summed E-state index contributed by atoms with van der Waals surface area (Å²) in [5.74, 6) is 1.22. The molecule has 140 valence electrons. The third kappa shape index (κ3) is 3.63. The lowest BCUT2D eigenvalue weighted by Crippen LogP contribution is -2.41. The fourth-order valence-electron chi connectivity index (χ4n) is 3.68. The number of anilines is 1. The van der Waals surface area contributed by atoms with Crippen LogP contribution in [0.15, 0.2) is 42.7 Å². The van der Waals surface area contributed by atoms with Crippen molar-refractivity contribution in [3.63, 3.8) is 0 Å². The van der Waals surface area contributed by atoms with E-state index in [-0.39, 0.29) is 11.8 Å². The first-order chi connectivity index (χ1) is 13.1. The molecule has 2 aromatic heterocycles. The van der Waals surface area contributed by atoms with E-state index in [1.165, 1.54) is 11.1 Å². The van der Waals surface area contributed by atoms with Crippen LogP contribution in [-0.2, 0) is 11.3 Å². The van der Waals surface area contributed by atoms with E-state index in [0.29, 0.717) is 6.54 Å². The first kappa shape index (κ1) is 17.5. The van der Waals surface area contributed by atoms with Gasteiger partial charge in [0.05, 0.1) is 0 Å². The van der Waals surface area contributed by atoms with Gasteiger partial charge in [0.1, 0.15) is 12.1 Å². The lowest BCUT2D eigenvalue weighted by atomic mass is 9.95. The van der Waals surface area contributed by atoms with Gasteiger partial charge in [0.15, 0.2) is 5.65 Å². The van der Waals surface area contributed by atoms with Crippen molar-refractivity contribution in [1.29, 1.82) is 0 Å². The maximum absolute atomic E-state index is 12.9. The van der Waals surface area contributed by atoms with Crippen LogP contribution in [0.2, 0.25) is 0 Å². The zero-order valence-corrected chi connectivity index (χ0v) is 15.7. The van der Waals surface area contributed by atoms with Crippen molar-refractivity contribution in [2.24, 2.45) is 5.92 Å². The molecule has 1 saturated heterocycles. The lowest BCUT2D eigenvalue weighted by molar-refractivity contribution is -0.135. The molecule has 1 aliphatic heterocycles. The number of nitrogens with zero attached hydrogens (tertiary/aromatic N) is 6. The predicted molar refractivity (Wildman–Crippen MR) is 103 cm³/mol. The van der Waals surface area contributed by atoms with Crippen LogP contribution in [0.1, 0.15) is 24.0 Å². The van der Waals surface area contributed by atoms with Crippen molar-refractivity contribution in [2.45, 2.75) is 26.3 Å². The molecule has 0 saturated carbocycles. The lowest BCUT2D eigenvalue weighted by Gasteiger charge is -2.33. The van der Waals surface area contributed by atoms with Crippen LogP contribution in [0.4, 0.5) is 5.82 Å². The molecule has 0 aliphatic carbocycles. The molecule has 3 aromatic rings. The molecule has 1 amide bonds. The molecule has 1 aromatic carbocycles. The number of aryl methyl sites for hydroxylation is 1. The summed E-state index contributed by atoms with van der Waals surface area (Å²) in [7, 11) is 1.91. The highest BCUT2D eigenvalue weighted by atomic mass is 16.2. The third-order valence-electron chi connectivity index (χ3n) is 5.36. The summed E-state index contributed by atoms with van der Waals surface area (Å²) >= 11 is 0. The largest absolute Gasteiger partial charge is 0.355 e. The van der Waals surface area contributed by atoms with Gasteiger partial charge in [-0.1, -0.05) is 24.3 Å². The molecule has 0 radical (unpaired) electrons. The molecule has 1 fully saturated rings. The smallest absolute Gasteiger partial charge is 0.225 e. The first-order valence-corrected chi connectivity index (χ1v) is 9.33. The number of hydrogen-bond acceptors (Lipinski definition) is 5. The molecule has 7 heteroatoms. The molecule has 7 nitrogen and oxygen atoms in total. The minimum Gasteiger partial charge on any atom is -0.355 e. The van der Waals surface area contributed by atoms with Crippen LogP contribution in [0, 0.1) is 12.8 Å². The number of fused-ring (bicyclic) bond motifs is 1. The molecule has 0 atom stereocenters. The van der Waals surface area contributed by atoms with E-state index < -0.39 is 0 Å². The Morgan fingerprint density at radius 1 is 1.19 bits per heavy atom. The Morgan fingerprint density at radius 2 is 1.96 bits per heavy atom. The van der Waals surface area contributed by atoms with Gasteiger partial charge in [-0.3, -0.25) is 4.79 Å². The van der Waals surface area contributed by atoms with Crippen LogP contribution in [0.3, 0.4) is 0 Å². The summed E-state index contributed by atoms with van der Waals surface area (Å²) in [4.78, 5) is 17.0.